The third kappa shape index (κ3) is 5.58. The minimum Gasteiger partial charge on any atom is -0.417 e. The number of carbonyl (C=O) groups excluding carboxylic acids is 1. The highest BCUT2D eigenvalue weighted by Gasteiger charge is 2.52. The predicted octanol–water partition coefficient (Wildman–Crippen LogP) is 5.85. The van der Waals surface area contributed by atoms with E-state index in [0.717, 1.165) is 30.6 Å². The zero-order valence-corrected chi connectivity index (χ0v) is 23.4. The molecule has 2 unspecified atom stereocenters. The van der Waals surface area contributed by atoms with Crippen LogP contribution in [0, 0.1) is 5.92 Å². The minimum absolute atomic E-state index is 0.0966. The van der Waals surface area contributed by atoms with Gasteiger partial charge in [0.2, 0.25) is 5.91 Å². The van der Waals surface area contributed by atoms with Gasteiger partial charge in [-0.15, -0.1) is 0 Å². The van der Waals surface area contributed by atoms with Gasteiger partial charge in [-0.3, -0.25) is 4.79 Å². The number of rotatable bonds is 6. The number of anilines is 1. The summed E-state index contributed by atoms with van der Waals surface area (Å²) in [7, 11) is -2.14. The first-order valence-corrected chi connectivity index (χ1v) is 15.4. The summed E-state index contributed by atoms with van der Waals surface area (Å²) >= 11 is 0. The van der Waals surface area contributed by atoms with E-state index in [-0.39, 0.29) is 34.0 Å². The zero-order chi connectivity index (χ0) is 24.8. The topological polar surface area (TPSA) is 56.8 Å². The smallest absolute Gasteiger partial charge is 0.417 e. The molecule has 1 saturated heterocycles. The standard InChI is InChI=1S/C26H44BNO4Si/c1-18-19(12-11-15-30-33(9,10)24(2,3)4)16-23(29)28-22-14-13-20(17-21(18)22)27-31-25(5,6)26(7,8)32-27/h13-14,17-19H,11-12,15-16H2,1-10H3,(H,28,29). The van der Waals surface area contributed by atoms with E-state index in [0.29, 0.717) is 6.42 Å². The van der Waals surface area contributed by atoms with Gasteiger partial charge in [-0.25, -0.2) is 0 Å². The number of hydrogen-bond acceptors (Lipinski definition) is 4. The summed E-state index contributed by atoms with van der Waals surface area (Å²) in [4.78, 5) is 12.7. The molecule has 184 valence electrons. The molecule has 2 aliphatic rings. The Balaban J connectivity index is 1.72. The van der Waals surface area contributed by atoms with Crippen molar-refractivity contribution in [2.45, 2.75) is 110 Å². The summed E-state index contributed by atoms with van der Waals surface area (Å²) < 4.78 is 18.9. The van der Waals surface area contributed by atoms with E-state index in [9.17, 15) is 4.79 Å². The van der Waals surface area contributed by atoms with Gasteiger partial charge in [-0.1, -0.05) is 39.8 Å². The maximum Gasteiger partial charge on any atom is 0.494 e. The summed E-state index contributed by atoms with van der Waals surface area (Å²) in [5.41, 5.74) is 2.33. The molecule has 2 aliphatic heterocycles. The summed E-state index contributed by atoms with van der Waals surface area (Å²) in [6.07, 6.45) is 2.49. The molecule has 3 rings (SSSR count). The Morgan fingerprint density at radius 2 is 1.76 bits per heavy atom. The first-order valence-electron chi connectivity index (χ1n) is 12.5. The lowest BCUT2D eigenvalue weighted by molar-refractivity contribution is -0.117. The molecule has 1 N–H and O–H groups in total. The number of fused-ring (bicyclic) bond motifs is 1. The van der Waals surface area contributed by atoms with Gasteiger partial charge in [0.1, 0.15) is 0 Å². The quantitative estimate of drug-likeness (QED) is 0.416. The second-order valence-corrected chi connectivity index (χ2v) is 17.3. The van der Waals surface area contributed by atoms with Crippen molar-refractivity contribution in [2.75, 3.05) is 11.9 Å². The third-order valence-electron chi connectivity index (χ3n) is 8.51. The van der Waals surface area contributed by atoms with Gasteiger partial charge in [-0.2, -0.15) is 0 Å². The number of nitrogens with one attached hydrogen (secondary N) is 1. The number of hydrogen-bond donors (Lipinski definition) is 1. The van der Waals surface area contributed by atoms with Crippen LogP contribution < -0.4 is 10.8 Å². The maximum atomic E-state index is 12.7. The fourth-order valence-electron chi connectivity index (χ4n) is 4.31. The van der Waals surface area contributed by atoms with Crippen molar-refractivity contribution >= 4 is 32.5 Å². The van der Waals surface area contributed by atoms with Gasteiger partial charge in [0.15, 0.2) is 8.32 Å². The molecule has 0 aliphatic carbocycles. The van der Waals surface area contributed by atoms with Gasteiger partial charge in [-0.05, 0) is 87.6 Å². The van der Waals surface area contributed by atoms with Crippen molar-refractivity contribution < 1.29 is 18.5 Å². The second-order valence-electron chi connectivity index (χ2n) is 12.5. The Morgan fingerprint density at radius 1 is 1.15 bits per heavy atom. The van der Waals surface area contributed by atoms with Crippen LogP contribution in [0.5, 0.6) is 0 Å². The van der Waals surface area contributed by atoms with Crippen LogP contribution in [-0.4, -0.2) is 39.2 Å². The molecule has 2 heterocycles. The SMILES string of the molecule is CC1c2cc(B3OC(C)(C)C(C)(C)O3)ccc2NC(=O)CC1CCCO[Si](C)(C)C(C)(C)C. The lowest BCUT2D eigenvalue weighted by Gasteiger charge is -2.36. The molecule has 0 spiro atoms. The molecule has 1 fully saturated rings. The number of benzene rings is 1. The average Bonchev–Trinajstić information content (AvgIpc) is 2.82. The molecule has 0 aromatic heterocycles. The van der Waals surface area contributed by atoms with Crippen LogP contribution >= 0.6 is 0 Å². The molecule has 0 bridgehead atoms. The highest BCUT2D eigenvalue weighted by Crippen LogP contribution is 2.40. The fraction of sp³-hybridized carbons (Fsp3) is 0.731. The third-order valence-corrected chi connectivity index (χ3v) is 13.0. The van der Waals surface area contributed by atoms with Crippen molar-refractivity contribution in [3.63, 3.8) is 0 Å². The van der Waals surface area contributed by atoms with Crippen LogP contribution in [0.25, 0.3) is 0 Å². The number of amides is 1. The largest absolute Gasteiger partial charge is 0.494 e. The minimum atomic E-state index is -1.74. The number of carbonyl (C=O) groups is 1. The van der Waals surface area contributed by atoms with E-state index in [1.54, 1.807) is 0 Å². The molecule has 1 aromatic carbocycles. The van der Waals surface area contributed by atoms with Crippen molar-refractivity contribution in [1.29, 1.82) is 0 Å². The van der Waals surface area contributed by atoms with Crippen LogP contribution in [0.1, 0.15) is 86.1 Å². The lowest BCUT2D eigenvalue weighted by atomic mass is 9.75. The molecule has 0 radical (unpaired) electrons. The first kappa shape index (κ1) is 26.5. The van der Waals surface area contributed by atoms with Gasteiger partial charge < -0.3 is 19.1 Å². The van der Waals surface area contributed by atoms with Crippen molar-refractivity contribution in [3.8, 4) is 0 Å². The van der Waals surface area contributed by atoms with E-state index in [2.05, 4.69) is 79.9 Å². The molecule has 7 heteroatoms. The average molecular weight is 474 g/mol. The van der Waals surface area contributed by atoms with Crippen LogP contribution in [0.2, 0.25) is 18.1 Å². The molecule has 33 heavy (non-hydrogen) atoms. The van der Waals surface area contributed by atoms with Crippen molar-refractivity contribution in [1.82, 2.24) is 0 Å². The second kappa shape index (κ2) is 9.14. The van der Waals surface area contributed by atoms with Gasteiger partial charge in [0.05, 0.1) is 11.2 Å². The first-order chi connectivity index (χ1) is 15.0. The lowest BCUT2D eigenvalue weighted by Crippen LogP contribution is -2.41. The molecule has 1 amide bonds. The maximum absolute atomic E-state index is 12.7. The van der Waals surface area contributed by atoms with Gasteiger partial charge >= 0.3 is 7.12 Å². The van der Waals surface area contributed by atoms with Crippen LogP contribution in [0.4, 0.5) is 5.69 Å². The van der Waals surface area contributed by atoms with E-state index in [4.69, 9.17) is 13.7 Å². The molecule has 5 nitrogen and oxygen atoms in total. The Hall–Kier alpha value is -1.15. The molecular formula is C26H44BNO4Si. The Morgan fingerprint density at radius 3 is 2.33 bits per heavy atom. The van der Waals surface area contributed by atoms with Crippen LogP contribution in [-0.2, 0) is 18.5 Å². The van der Waals surface area contributed by atoms with E-state index in [1.165, 1.54) is 5.56 Å². The van der Waals surface area contributed by atoms with Crippen molar-refractivity contribution in [2.24, 2.45) is 5.92 Å². The zero-order valence-electron chi connectivity index (χ0n) is 22.4. The van der Waals surface area contributed by atoms with E-state index in [1.807, 2.05) is 12.1 Å². The normalized spacial score (nSPS) is 24.9. The highest BCUT2D eigenvalue weighted by molar-refractivity contribution is 6.74. The Kier molecular flexibility index (Phi) is 7.33. The van der Waals surface area contributed by atoms with E-state index < -0.39 is 15.4 Å². The van der Waals surface area contributed by atoms with Crippen LogP contribution in [0.3, 0.4) is 0 Å². The highest BCUT2D eigenvalue weighted by atomic mass is 28.4. The monoisotopic (exact) mass is 473 g/mol. The summed E-state index contributed by atoms with van der Waals surface area (Å²) in [5, 5.41) is 3.34. The van der Waals surface area contributed by atoms with Gasteiger partial charge in [0, 0.05) is 18.7 Å². The van der Waals surface area contributed by atoms with E-state index >= 15 is 0 Å². The molecule has 0 saturated carbocycles. The molecule has 1 aromatic rings. The summed E-state index contributed by atoms with van der Waals surface area (Å²) in [5.74, 6) is 0.635. The molecule has 2 atom stereocenters. The summed E-state index contributed by atoms with van der Waals surface area (Å²) in [6, 6.07) is 6.20. The fourth-order valence-corrected chi connectivity index (χ4v) is 5.40. The van der Waals surface area contributed by atoms with Crippen molar-refractivity contribution in [3.05, 3.63) is 23.8 Å². The summed E-state index contributed by atoms with van der Waals surface area (Å²) in [6.45, 7) is 22.7. The molecular weight excluding hydrogens is 429 g/mol. The Labute approximate surface area is 202 Å². The van der Waals surface area contributed by atoms with Crippen LogP contribution in [0.15, 0.2) is 18.2 Å². The Bertz CT molecular complexity index is 862. The predicted molar refractivity (Wildman–Crippen MR) is 140 cm³/mol. The van der Waals surface area contributed by atoms with Gasteiger partial charge in [0.25, 0.3) is 0 Å².